The number of primary amides is 1. The SMILES string of the molecule is Cc1cnc(N2CCCC[C@@H]2CC(N)=O)c([N+](=O)[O-])c1. The number of anilines is 1. The predicted octanol–water partition coefficient (Wildman–Crippen LogP) is 1.53. The highest BCUT2D eigenvalue weighted by atomic mass is 16.6. The van der Waals surface area contributed by atoms with Crippen LogP contribution in [0.1, 0.15) is 31.2 Å². The topological polar surface area (TPSA) is 102 Å². The van der Waals surface area contributed by atoms with Crippen LogP contribution in [0.3, 0.4) is 0 Å². The van der Waals surface area contributed by atoms with E-state index in [1.807, 2.05) is 4.90 Å². The number of aryl methyl sites for hydroxylation is 1. The van der Waals surface area contributed by atoms with E-state index in [1.54, 1.807) is 13.1 Å². The van der Waals surface area contributed by atoms with Gasteiger partial charge in [0.2, 0.25) is 11.7 Å². The number of aromatic nitrogens is 1. The number of piperidine rings is 1. The molecule has 108 valence electrons. The minimum absolute atomic E-state index is 0.0126. The van der Waals surface area contributed by atoms with Crippen LogP contribution in [0.25, 0.3) is 0 Å². The zero-order valence-corrected chi connectivity index (χ0v) is 11.4. The normalized spacial score (nSPS) is 18.9. The summed E-state index contributed by atoms with van der Waals surface area (Å²) in [7, 11) is 0. The zero-order chi connectivity index (χ0) is 14.7. The number of nitrogens with zero attached hydrogens (tertiary/aromatic N) is 3. The van der Waals surface area contributed by atoms with Crippen LogP contribution in [0.5, 0.6) is 0 Å². The maximum Gasteiger partial charge on any atom is 0.311 e. The van der Waals surface area contributed by atoms with E-state index in [1.165, 1.54) is 6.07 Å². The molecule has 0 saturated carbocycles. The molecule has 2 N–H and O–H groups in total. The summed E-state index contributed by atoms with van der Waals surface area (Å²) in [6, 6.07) is 1.41. The largest absolute Gasteiger partial charge is 0.370 e. The molecule has 0 aliphatic carbocycles. The van der Waals surface area contributed by atoms with E-state index in [-0.39, 0.29) is 18.2 Å². The van der Waals surface area contributed by atoms with Gasteiger partial charge in [-0.25, -0.2) is 4.98 Å². The van der Waals surface area contributed by atoms with E-state index >= 15 is 0 Å². The summed E-state index contributed by atoms with van der Waals surface area (Å²) in [5.41, 5.74) is 5.99. The van der Waals surface area contributed by atoms with Crippen molar-refractivity contribution in [1.82, 2.24) is 4.98 Å². The van der Waals surface area contributed by atoms with Gasteiger partial charge in [-0.2, -0.15) is 0 Å². The standard InChI is InChI=1S/C13H18N4O3/c1-9-6-11(17(19)20)13(15-8-9)16-5-3-2-4-10(16)7-12(14)18/h6,8,10H,2-5,7H2,1H3,(H2,14,18)/t10-/m1/s1. The molecule has 7 nitrogen and oxygen atoms in total. The summed E-state index contributed by atoms with van der Waals surface area (Å²) in [5, 5.41) is 11.2. The van der Waals surface area contributed by atoms with Gasteiger partial charge in [0, 0.05) is 31.3 Å². The highest BCUT2D eigenvalue weighted by Crippen LogP contribution is 2.32. The molecule has 1 aliphatic heterocycles. The summed E-state index contributed by atoms with van der Waals surface area (Å²) < 4.78 is 0. The van der Waals surface area contributed by atoms with Gasteiger partial charge >= 0.3 is 5.69 Å². The van der Waals surface area contributed by atoms with Crippen molar-refractivity contribution in [3.63, 3.8) is 0 Å². The van der Waals surface area contributed by atoms with Crippen molar-refractivity contribution < 1.29 is 9.72 Å². The molecule has 1 atom stereocenters. The molecule has 1 saturated heterocycles. The molecular weight excluding hydrogens is 260 g/mol. The van der Waals surface area contributed by atoms with Gasteiger partial charge in [-0.1, -0.05) is 0 Å². The van der Waals surface area contributed by atoms with Gasteiger partial charge in [0.25, 0.3) is 0 Å². The van der Waals surface area contributed by atoms with Crippen LogP contribution >= 0.6 is 0 Å². The molecule has 1 aliphatic rings. The first-order chi connectivity index (χ1) is 9.49. The summed E-state index contributed by atoms with van der Waals surface area (Å²) in [4.78, 5) is 28.0. The molecule has 7 heteroatoms. The lowest BCUT2D eigenvalue weighted by atomic mass is 9.99. The van der Waals surface area contributed by atoms with Crippen LogP contribution in [0.4, 0.5) is 11.5 Å². The molecule has 1 aromatic rings. The maximum absolute atomic E-state index is 11.2. The average molecular weight is 278 g/mol. The molecule has 1 fully saturated rings. The zero-order valence-electron chi connectivity index (χ0n) is 11.4. The number of nitrogens with two attached hydrogens (primary N) is 1. The first kappa shape index (κ1) is 14.2. The first-order valence-electron chi connectivity index (χ1n) is 6.65. The minimum atomic E-state index is -0.425. The Labute approximate surface area is 116 Å². The second-order valence-electron chi connectivity index (χ2n) is 5.13. The third kappa shape index (κ3) is 3.04. The molecular formula is C13H18N4O3. The van der Waals surface area contributed by atoms with Crippen molar-refractivity contribution in [2.45, 2.75) is 38.6 Å². The molecule has 20 heavy (non-hydrogen) atoms. The van der Waals surface area contributed by atoms with E-state index in [0.717, 1.165) is 24.8 Å². The monoisotopic (exact) mass is 278 g/mol. The van der Waals surface area contributed by atoms with Crippen molar-refractivity contribution in [3.05, 3.63) is 27.9 Å². The molecule has 0 unspecified atom stereocenters. The van der Waals surface area contributed by atoms with Gasteiger partial charge in [-0.05, 0) is 31.7 Å². The lowest BCUT2D eigenvalue weighted by Crippen LogP contribution is -2.42. The van der Waals surface area contributed by atoms with Crippen LogP contribution in [0.2, 0.25) is 0 Å². The van der Waals surface area contributed by atoms with Crippen molar-refractivity contribution in [1.29, 1.82) is 0 Å². The second kappa shape index (κ2) is 5.85. The van der Waals surface area contributed by atoms with Crippen LogP contribution in [-0.2, 0) is 4.79 Å². The number of rotatable bonds is 4. The second-order valence-corrected chi connectivity index (χ2v) is 5.13. The number of carbonyl (C=O) groups excluding carboxylic acids is 1. The fraction of sp³-hybridized carbons (Fsp3) is 0.538. The molecule has 0 radical (unpaired) electrons. The van der Waals surface area contributed by atoms with Gasteiger partial charge in [0.15, 0.2) is 0 Å². The molecule has 0 bridgehead atoms. The number of carbonyl (C=O) groups is 1. The average Bonchev–Trinajstić information content (AvgIpc) is 2.39. The molecule has 0 spiro atoms. The fourth-order valence-corrected chi connectivity index (χ4v) is 2.63. The molecule has 1 aromatic heterocycles. The van der Waals surface area contributed by atoms with Crippen molar-refractivity contribution in [3.8, 4) is 0 Å². The molecule has 1 amide bonds. The van der Waals surface area contributed by atoms with Gasteiger partial charge in [0.05, 0.1) is 4.92 Å². The van der Waals surface area contributed by atoms with E-state index in [4.69, 9.17) is 5.73 Å². The lowest BCUT2D eigenvalue weighted by Gasteiger charge is -2.35. The van der Waals surface area contributed by atoms with Gasteiger partial charge in [-0.3, -0.25) is 14.9 Å². The van der Waals surface area contributed by atoms with E-state index in [0.29, 0.717) is 12.4 Å². The first-order valence-corrected chi connectivity index (χ1v) is 6.65. The Morgan fingerprint density at radius 1 is 1.60 bits per heavy atom. The fourth-order valence-electron chi connectivity index (χ4n) is 2.63. The Morgan fingerprint density at radius 3 is 3.00 bits per heavy atom. The Balaban J connectivity index is 2.36. The van der Waals surface area contributed by atoms with Gasteiger partial charge in [0.1, 0.15) is 0 Å². The van der Waals surface area contributed by atoms with Crippen LogP contribution in [-0.4, -0.2) is 28.4 Å². The van der Waals surface area contributed by atoms with Crippen LogP contribution < -0.4 is 10.6 Å². The molecule has 2 rings (SSSR count). The third-order valence-electron chi connectivity index (χ3n) is 3.52. The van der Waals surface area contributed by atoms with Gasteiger partial charge in [-0.15, -0.1) is 0 Å². The van der Waals surface area contributed by atoms with Crippen molar-refractivity contribution >= 4 is 17.4 Å². The summed E-state index contributed by atoms with van der Waals surface area (Å²) in [6.07, 6.45) is 4.54. The number of amides is 1. The summed E-state index contributed by atoms with van der Waals surface area (Å²) >= 11 is 0. The van der Waals surface area contributed by atoms with Crippen molar-refractivity contribution in [2.24, 2.45) is 5.73 Å². The summed E-state index contributed by atoms with van der Waals surface area (Å²) in [6.45, 7) is 2.43. The summed E-state index contributed by atoms with van der Waals surface area (Å²) in [5.74, 6) is -0.0526. The number of nitro groups is 1. The van der Waals surface area contributed by atoms with E-state index < -0.39 is 10.8 Å². The third-order valence-corrected chi connectivity index (χ3v) is 3.52. The van der Waals surface area contributed by atoms with E-state index in [9.17, 15) is 14.9 Å². The van der Waals surface area contributed by atoms with Gasteiger partial charge < -0.3 is 10.6 Å². The number of hydrogen-bond acceptors (Lipinski definition) is 5. The number of hydrogen-bond donors (Lipinski definition) is 1. The molecule has 2 heterocycles. The predicted molar refractivity (Wildman–Crippen MR) is 74.4 cm³/mol. The Kier molecular flexibility index (Phi) is 4.16. The van der Waals surface area contributed by atoms with Crippen LogP contribution in [0, 0.1) is 17.0 Å². The highest BCUT2D eigenvalue weighted by Gasteiger charge is 2.30. The van der Waals surface area contributed by atoms with Crippen LogP contribution in [0.15, 0.2) is 12.3 Å². The smallest absolute Gasteiger partial charge is 0.311 e. The highest BCUT2D eigenvalue weighted by molar-refractivity contribution is 5.75. The van der Waals surface area contributed by atoms with Crippen molar-refractivity contribution in [2.75, 3.05) is 11.4 Å². The Morgan fingerprint density at radius 2 is 2.35 bits per heavy atom. The Bertz CT molecular complexity index is 532. The Hall–Kier alpha value is -2.18. The lowest BCUT2D eigenvalue weighted by molar-refractivity contribution is -0.384. The number of pyridine rings is 1. The molecule has 0 aromatic carbocycles. The minimum Gasteiger partial charge on any atom is -0.370 e. The van der Waals surface area contributed by atoms with E-state index in [2.05, 4.69) is 4.98 Å². The maximum atomic E-state index is 11.2. The quantitative estimate of drug-likeness (QED) is 0.664.